The van der Waals surface area contributed by atoms with Crippen LogP contribution in [0.2, 0.25) is 5.02 Å². The first-order chi connectivity index (χ1) is 11.5. The van der Waals surface area contributed by atoms with Crippen molar-refractivity contribution in [3.8, 4) is 0 Å². The summed E-state index contributed by atoms with van der Waals surface area (Å²) in [5.74, 6) is -0.449. The van der Waals surface area contributed by atoms with E-state index in [1.54, 1.807) is 18.2 Å². The van der Waals surface area contributed by atoms with Crippen molar-refractivity contribution in [2.24, 2.45) is 5.92 Å². The molecule has 0 aromatic heterocycles. The van der Waals surface area contributed by atoms with Gasteiger partial charge in [0.05, 0.1) is 10.6 Å². The van der Waals surface area contributed by atoms with Crippen LogP contribution in [-0.2, 0) is 4.79 Å². The van der Waals surface area contributed by atoms with E-state index in [-0.39, 0.29) is 30.1 Å². The summed E-state index contributed by atoms with van der Waals surface area (Å²) in [7, 11) is 0. The van der Waals surface area contributed by atoms with Gasteiger partial charge in [-0.15, -0.1) is 12.4 Å². The molecule has 2 rings (SSSR count). The van der Waals surface area contributed by atoms with Crippen LogP contribution in [0.1, 0.15) is 24.2 Å². The van der Waals surface area contributed by atoms with Crippen LogP contribution in [-0.4, -0.2) is 56.0 Å². The average molecular weight is 389 g/mol. The van der Waals surface area contributed by atoms with Gasteiger partial charge in [0.15, 0.2) is 0 Å². The second-order valence-corrected chi connectivity index (χ2v) is 6.59. The molecule has 2 amide bonds. The number of nitrogens with zero attached hydrogens (tertiary/aromatic N) is 1. The molecule has 0 atom stereocenters. The Morgan fingerprint density at radius 3 is 2.60 bits per heavy atom. The van der Waals surface area contributed by atoms with E-state index in [4.69, 9.17) is 11.6 Å². The third-order valence-corrected chi connectivity index (χ3v) is 4.26. The summed E-state index contributed by atoms with van der Waals surface area (Å²) in [5, 5.41) is 9.34. The lowest BCUT2D eigenvalue weighted by atomic mass is 10.1. The summed E-state index contributed by atoms with van der Waals surface area (Å²) in [6.07, 6.45) is 0. The van der Waals surface area contributed by atoms with E-state index < -0.39 is 0 Å². The van der Waals surface area contributed by atoms with Gasteiger partial charge in [0.1, 0.15) is 0 Å². The Kier molecular flexibility index (Phi) is 9.21. The number of anilines is 1. The molecule has 1 aromatic carbocycles. The van der Waals surface area contributed by atoms with E-state index in [0.29, 0.717) is 22.8 Å². The Balaban J connectivity index is 0.00000312. The zero-order valence-electron chi connectivity index (χ0n) is 14.6. The molecule has 1 aliphatic rings. The number of halogens is 2. The molecule has 1 saturated heterocycles. The van der Waals surface area contributed by atoms with Crippen LogP contribution in [0.5, 0.6) is 0 Å². The molecule has 0 radical (unpaired) electrons. The van der Waals surface area contributed by atoms with Crippen LogP contribution in [0.25, 0.3) is 0 Å². The van der Waals surface area contributed by atoms with Gasteiger partial charge in [0.2, 0.25) is 5.91 Å². The quantitative estimate of drug-likeness (QED) is 0.696. The van der Waals surface area contributed by atoms with Crippen LogP contribution in [0.4, 0.5) is 5.69 Å². The lowest BCUT2D eigenvalue weighted by Gasteiger charge is -2.27. The first kappa shape index (κ1) is 21.7. The van der Waals surface area contributed by atoms with Gasteiger partial charge in [0, 0.05) is 50.9 Å². The van der Waals surface area contributed by atoms with Gasteiger partial charge in [-0.2, -0.15) is 0 Å². The molecule has 1 heterocycles. The molecule has 1 aromatic rings. The van der Waals surface area contributed by atoms with E-state index in [1.165, 1.54) is 0 Å². The summed E-state index contributed by atoms with van der Waals surface area (Å²) in [6, 6.07) is 4.94. The standard InChI is InChI=1S/C17H25ClN4O2.ClH/c1-12(2)16(23)21-13-3-4-15(18)14(11-13)17(24)20-7-10-22-8-5-19-6-9-22;/h3-4,11-12,19H,5-10H2,1-2H3,(H,20,24)(H,21,23);1H. The van der Waals surface area contributed by atoms with E-state index >= 15 is 0 Å². The van der Waals surface area contributed by atoms with E-state index in [1.807, 2.05) is 13.8 Å². The zero-order valence-corrected chi connectivity index (χ0v) is 16.2. The maximum atomic E-state index is 12.3. The van der Waals surface area contributed by atoms with Crippen molar-refractivity contribution in [1.82, 2.24) is 15.5 Å². The molecule has 0 aliphatic carbocycles. The van der Waals surface area contributed by atoms with Crippen molar-refractivity contribution < 1.29 is 9.59 Å². The van der Waals surface area contributed by atoms with Gasteiger partial charge in [-0.25, -0.2) is 0 Å². The van der Waals surface area contributed by atoms with Crippen molar-refractivity contribution in [3.05, 3.63) is 28.8 Å². The van der Waals surface area contributed by atoms with Crippen molar-refractivity contribution in [3.63, 3.8) is 0 Å². The highest BCUT2D eigenvalue weighted by Gasteiger charge is 2.14. The summed E-state index contributed by atoms with van der Waals surface area (Å²) < 4.78 is 0. The fraction of sp³-hybridized carbons (Fsp3) is 0.529. The summed E-state index contributed by atoms with van der Waals surface area (Å²) in [4.78, 5) is 26.4. The Hall–Kier alpha value is -1.34. The highest BCUT2D eigenvalue weighted by Crippen LogP contribution is 2.21. The van der Waals surface area contributed by atoms with Gasteiger partial charge >= 0.3 is 0 Å². The molecule has 1 fully saturated rings. The number of hydrogen-bond donors (Lipinski definition) is 3. The molecule has 6 nitrogen and oxygen atoms in total. The van der Waals surface area contributed by atoms with Crippen molar-refractivity contribution >= 4 is 41.5 Å². The number of benzene rings is 1. The Labute approximate surface area is 160 Å². The molecule has 0 spiro atoms. The average Bonchev–Trinajstić information content (AvgIpc) is 2.57. The minimum Gasteiger partial charge on any atom is -0.351 e. The zero-order chi connectivity index (χ0) is 17.5. The maximum Gasteiger partial charge on any atom is 0.252 e. The molecular formula is C17H26Cl2N4O2. The number of amides is 2. The number of rotatable bonds is 6. The van der Waals surface area contributed by atoms with Crippen LogP contribution in [0.3, 0.4) is 0 Å². The molecule has 8 heteroatoms. The number of nitrogens with one attached hydrogen (secondary N) is 3. The minimum atomic E-state index is -0.226. The van der Waals surface area contributed by atoms with Crippen LogP contribution in [0, 0.1) is 5.92 Å². The van der Waals surface area contributed by atoms with Crippen LogP contribution >= 0.6 is 24.0 Å². The molecule has 3 N–H and O–H groups in total. The van der Waals surface area contributed by atoms with Gasteiger partial charge in [0.25, 0.3) is 5.91 Å². The Bertz CT molecular complexity index is 590. The molecule has 1 aliphatic heterocycles. The smallest absolute Gasteiger partial charge is 0.252 e. The largest absolute Gasteiger partial charge is 0.351 e. The number of hydrogen-bond acceptors (Lipinski definition) is 4. The van der Waals surface area contributed by atoms with Crippen molar-refractivity contribution in [2.75, 3.05) is 44.6 Å². The lowest BCUT2D eigenvalue weighted by Crippen LogP contribution is -2.46. The third kappa shape index (κ3) is 6.82. The van der Waals surface area contributed by atoms with Gasteiger partial charge in [-0.1, -0.05) is 25.4 Å². The number of carbonyl (C=O) groups is 2. The van der Waals surface area contributed by atoms with Gasteiger partial charge in [-0.3, -0.25) is 14.5 Å². The van der Waals surface area contributed by atoms with Gasteiger partial charge in [-0.05, 0) is 18.2 Å². The van der Waals surface area contributed by atoms with Gasteiger partial charge < -0.3 is 16.0 Å². The lowest BCUT2D eigenvalue weighted by molar-refractivity contribution is -0.118. The van der Waals surface area contributed by atoms with Crippen LogP contribution in [0.15, 0.2) is 18.2 Å². The first-order valence-corrected chi connectivity index (χ1v) is 8.67. The fourth-order valence-electron chi connectivity index (χ4n) is 2.42. The Morgan fingerprint density at radius 2 is 1.96 bits per heavy atom. The molecule has 0 unspecified atom stereocenters. The second kappa shape index (κ2) is 10.6. The summed E-state index contributed by atoms with van der Waals surface area (Å²) in [5.41, 5.74) is 0.948. The molecule has 0 saturated carbocycles. The normalized spacial score (nSPS) is 14.7. The highest BCUT2D eigenvalue weighted by molar-refractivity contribution is 6.34. The van der Waals surface area contributed by atoms with E-state index in [9.17, 15) is 9.59 Å². The predicted octanol–water partition coefficient (Wildman–Crippen LogP) is 1.99. The van der Waals surface area contributed by atoms with Crippen molar-refractivity contribution in [1.29, 1.82) is 0 Å². The minimum absolute atomic E-state index is 0. The SMILES string of the molecule is CC(C)C(=O)Nc1ccc(Cl)c(C(=O)NCCN2CCNCC2)c1.Cl. The van der Waals surface area contributed by atoms with E-state index in [0.717, 1.165) is 32.7 Å². The summed E-state index contributed by atoms with van der Waals surface area (Å²) >= 11 is 6.13. The third-order valence-electron chi connectivity index (χ3n) is 3.93. The van der Waals surface area contributed by atoms with Crippen LogP contribution < -0.4 is 16.0 Å². The number of carbonyl (C=O) groups excluding carboxylic acids is 2. The second-order valence-electron chi connectivity index (χ2n) is 6.19. The summed E-state index contributed by atoms with van der Waals surface area (Å²) in [6.45, 7) is 8.96. The topological polar surface area (TPSA) is 73.5 Å². The number of piperazine rings is 1. The molecule has 25 heavy (non-hydrogen) atoms. The maximum absolute atomic E-state index is 12.3. The predicted molar refractivity (Wildman–Crippen MR) is 104 cm³/mol. The fourth-order valence-corrected chi connectivity index (χ4v) is 2.62. The monoisotopic (exact) mass is 388 g/mol. The highest BCUT2D eigenvalue weighted by atomic mass is 35.5. The Morgan fingerprint density at radius 1 is 1.28 bits per heavy atom. The molecule has 140 valence electrons. The van der Waals surface area contributed by atoms with Crippen molar-refractivity contribution in [2.45, 2.75) is 13.8 Å². The molecule has 0 bridgehead atoms. The van der Waals surface area contributed by atoms with E-state index in [2.05, 4.69) is 20.9 Å². The first-order valence-electron chi connectivity index (χ1n) is 8.29. The molecular weight excluding hydrogens is 363 g/mol.